The Kier molecular flexibility index (Phi) is 5.52. The van der Waals surface area contributed by atoms with Crippen LogP contribution in [-0.4, -0.2) is 39.1 Å². The second-order valence-corrected chi connectivity index (χ2v) is 8.27. The third kappa shape index (κ3) is 4.34. The largest absolute Gasteiger partial charge is 0.367 e. The van der Waals surface area contributed by atoms with E-state index in [-0.39, 0.29) is 17.5 Å². The van der Waals surface area contributed by atoms with Gasteiger partial charge in [0.15, 0.2) is 9.84 Å². The van der Waals surface area contributed by atoms with Crippen molar-refractivity contribution >= 4 is 27.1 Å². The highest BCUT2D eigenvalue weighted by molar-refractivity contribution is 7.91. The van der Waals surface area contributed by atoms with Gasteiger partial charge in [0.05, 0.1) is 11.5 Å². The lowest BCUT2D eigenvalue weighted by Gasteiger charge is -2.36. The van der Waals surface area contributed by atoms with E-state index in [1.165, 1.54) is 0 Å². The summed E-state index contributed by atoms with van der Waals surface area (Å²) in [6.45, 7) is 6.35. The molecule has 1 N–H and O–H groups in total. The van der Waals surface area contributed by atoms with Crippen LogP contribution in [0.1, 0.15) is 25.8 Å². The van der Waals surface area contributed by atoms with Gasteiger partial charge >= 0.3 is 0 Å². The SMILES string of the molecule is CCCNCc1cc(Cl)ccc1N1CCS(=O)(=O)CC1C. The number of nitrogens with zero attached hydrogens (tertiary/aromatic N) is 1. The van der Waals surface area contributed by atoms with Gasteiger partial charge < -0.3 is 10.2 Å². The van der Waals surface area contributed by atoms with Crippen molar-refractivity contribution in [3.05, 3.63) is 28.8 Å². The summed E-state index contributed by atoms with van der Waals surface area (Å²) in [7, 11) is -2.90. The normalized spacial score (nSPS) is 21.5. The minimum Gasteiger partial charge on any atom is -0.367 e. The number of benzene rings is 1. The molecule has 118 valence electrons. The molecule has 0 spiro atoms. The molecule has 0 aromatic heterocycles. The predicted molar refractivity (Wildman–Crippen MR) is 88.9 cm³/mol. The van der Waals surface area contributed by atoms with Gasteiger partial charge in [-0.2, -0.15) is 0 Å². The van der Waals surface area contributed by atoms with E-state index in [4.69, 9.17) is 11.6 Å². The van der Waals surface area contributed by atoms with Crippen molar-refractivity contribution in [2.24, 2.45) is 0 Å². The van der Waals surface area contributed by atoms with Crippen LogP contribution in [0.3, 0.4) is 0 Å². The number of rotatable bonds is 5. The Balaban J connectivity index is 2.22. The third-order valence-corrected chi connectivity index (χ3v) is 5.79. The van der Waals surface area contributed by atoms with Gasteiger partial charge in [-0.1, -0.05) is 18.5 Å². The zero-order valence-electron chi connectivity index (χ0n) is 12.6. The van der Waals surface area contributed by atoms with E-state index in [9.17, 15) is 8.42 Å². The molecule has 0 saturated carbocycles. The van der Waals surface area contributed by atoms with E-state index in [1.807, 2.05) is 25.1 Å². The third-order valence-electron chi connectivity index (χ3n) is 3.76. The molecular formula is C15H23ClN2O2S. The maximum absolute atomic E-state index is 11.7. The molecule has 6 heteroatoms. The molecule has 1 fully saturated rings. The van der Waals surface area contributed by atoms with Gasteiger partial charge in [0.2, 0.25) is 0 Å². The molecule has 1 heterocycles. The predicted octanol–water partition coefficient (Wildman–Crippen LogP) is 2.46. The lowest BCUT2D eigenvalue weighted by atomic mass is 10.1. The van der Waals surface area contributed by atoms with Gasteiger partial charge in [0, 0.05) is 29.8 Å². The highest BCUT2D eigenvalue weighted by Gasteiger charge is 2.29. The molecule has 0 aliphatic carbocycles. The Morgan fingerprint density at radius 1 is 1.43 bits per heavy atom. The van der Waals surface area contributed by atoms with Crippen LogP contribution in [-0.2, 0) is 16.4 Å². The lowest BCUT2D eigenvalue weighted by Crippen LogP contribution is -2.47. The zero-order chi connectivity index (χ0) is 15.5. The van der Waals surface area contributed by atoms with E-state index in [0.29, 0.717) is 11.6 Å². The Hall–Kier alpha value is -0.780. The molecule has 4 nitrogen and oxygen atoms in total. The smallest absolute Gasteiger partial charge is 0.154 e. The van der Waals surface area contributed by atoms with Gasteiger partial charge in [0.25, 0.3) is 0 Å². The van der Waals surface area contributed by atoms with E-state index in [1.54, 1.807) is 0 Å². The molecule has 21 heavy (non-hydrogen) atoms. The van der Waals surface area contributed by atoms with Crippen molar-refractivity contribution in [1.29, 1.82) is 0 Å². The minimum atomic E-state index is -2.90. The average Bonchev–Trinajstić information content (AvgIpc) is 2.39. The number of sulfone groups is 1. The van der Waals surface area contributed by atoms with Gasteiger partial charge in [-0.25, -0.2) is 8.42 Å². The number of nitrogens with one attached hydrogen (secondary N) is 1. The Morgan fingerprint density at radius 3 is 2.86 bits per heavy atom. The van der Waals surface area contributed by atoms with Crippen LogP contribution in [0.2, 0.25) is 5.02 Å². The van der Waals surface area contributed by atoms with Crippen molar-refractivity contribution in [2.75, 3.05) is 29.5 Å². The fraction of sp³-hybridized carbons (Fsp3) is 0.600. The van der Waals surface area contributed by atoms with Gasteiger partial charge in [-0.3, -0.25) is 0 Å². The highest BCUT2D eigenvalue weighted by atomic mass is 35.5. The van der Waals surface area contributed by atoms with Gasteiger partial charge in [-0.05, 0) is 43.7 Å². The van der Waals surface area contributed by atoms with Crippen LogP contribution in [0.5, 0.6) is 0 Å². The van der Waals surface area contributed by atoms with E-state index >= 15 is 0 Å². The van der Waals surface area contributed by atoms with Crippen LogP contribution in [0.25, 0.3) is 0 Å². The quantitative estimate of drug-likeness (QED) is 0.843. The molecule has 1 aliphatic heterocycles. The monoisotopic (exact) mass is 330 g/mol. The number of halogens is 1. The maximum atomic E-state index is 11.7. The molecule has 0 bridgehead atoms. The summed E-state index contributed by atoms with van der Waals surface area (Å²) in [6.07, 6.45) is 1.08. The minimum absolute atomic E-state index is 0.00477. The van der Waals surface area contributed by atoms with Crippen molar-refractivity contribution in [1.82, 2.24) is 5.32 Å². The molecular weight excluding hydrogens is 308 g/mol. The molecule has 1 aliphatic rings. The Labute approximate surface area is 132 Å². The summed E-state index contributed by atoms with van der Waals surface area (Å²) in [6, 6.07) is 5.83. The van der Waals surface area contributed by atoms with Crippen LogP contribution >= 0.6 is 11.6 Å². The second kappa shape index (κ2) is 6.99. The fourth-order valence-electron chi connectivity index (χ4n) is 2.73. The van der Waals surface area contributed by atoms with Crippen LogP contribution in [0, 0.1) is 0 Å². The van der Waals surface area contributed by atoms with Crippen molar-refractivity contribution in [3.63, 3.8) is 0 Å². The Bertz CT molecular complexity index is 589. The molecule has 0 radical (unpaired) electrons. The van der Waals surface area contributed by atoms with E-state index in [2.05, 4.69) is 17.1 Å². The first kappa shape index (κ1) is 16.6. The first-order chi connectivity index (χ1) is 9.93. The van der Waals surface area contributed by atoms with Gasteiger partial charge in [0.1, 0.15) is 0 Å². The first-order valence-electron chi connectivity index (χ1n) is 7.39. The zero-order valence-corrected chi connectivity index (χ0v) is 14.2. The lowest BCUT2D eigenvalue weighted by molar-refractivity contribution is 0.567. The van der Waals surface area contributed by atoms with E-state index < -0.39 is 9.84 Å². The molecule has 1 atom stereocenters. The molecule has 1 aromatic rings. The molecule has 0 amide bonds. The van der Waals surface area contributed by atoms with Crippen molar-refractivity contribution < 1.29 is 8.42 Å². The standard InChI is InChI=1S/C15H23ClN2O2S/c1-3-6-17-10-13-9-14(16)4-5-15(13)18-7-8-21(19,20)11-12(18)2/h4-5,9,12,17H,3,6-8,10-11H2,1-2H3. The summed E-state index contributed by atoms with van der Waals surface area (Å²) < 4.78 is 23.5. The topological polar surface area (TPSA) is 49.4 Å². The summed E-state index contributed by atoms with van der Waals surface area (Å²) in [5.74, 6) is 0.444. The van der Waals surface area contributed by atoms with Crippen LogP contribution in [0.4, 0.5) is 5.69 Å². The Morgan fingerprint density at radius 2 is 2.19 bits per heavy atom. The first-order valence-corrected chi connectivity index (χ1v) is 9.59. The summed E-state index contributed by atoms with van der Waals surface area (Å²) in [5.41, 5.74) is 2.22. The van der Waals surface area contributed by atoms with Crippen molar-refractivity contribution in [3.8, 4) is 0 Å². The number of hydrogen-bond donors (Lipinski definition) is 1. The average molecular weight is 331 g/mol. The van der Waals surface area contributed by atoms with Crippen LogP contribution in [0.15, 0.2) is 18.2 Å². The number of hydrogen-bond acceptors (Lipinski definition) is 4. The van der Waals surface area contributed by atoms with E-state index in [0.717, 1.165) is 30.8 Å². The number of anilines is 1. The fourth-order valence-corrected chi connectivity index (χ4v) is 4.48. The molecule has 1 saturated heterocycles. The second-order valence-electron chi connectivity index (χ2n) is 5.61. The molecule has 2 rings (SSSR count). The highest BCUT2D eigenvalue weighted by Crippen LogP contribution is 2.28. The molecule has 1 aromatic carbocycles. The summed E-state index contributed by atoms with van der Waals surface area (Å²) in [5, 5.41) is 4.10. The maximum Gasteiger partial charge on any atom is 0.154 e. The van der Waals surface area contributed by atoms with Gasteiger partial charge in [-0.15, -0.1) is 0 Å². The summed E-state index contributed by atoms with van der Waals surface area (Å²) in [4.78, 5) is 2.18. The summed E-state index contributed by atoms with van der Waals surface area (Å²) >= 11 is 6.11. The molecule has 1 unspecified atom stereocenters. The van der Waals surface area contributed by atoms with Crippen LogP contribution < -0.4 is 10.2 Å². The van der Waals surface area contributed by atoms with Crippen molar-refractivity contribution in [2.45, 2.75) is 32.9 Å².